The van der Waals surface area contributed by atoms with Crippen LogP contribution in [0, 0.1) is 0 Å². The van der Waals surface area contributed by atoms with Crippen LogP contribution in [-0.4, -0.2) is 40.1 Å². The second kappa shape index (κ2) is 10.3. The van der Waals surface area contributed by atoms with Gasteiger partial charge in [0, 0.05) is 17.3 Å². The molecule has 29 heavy (non-hydrogen) atoms. The number of unbranched alkanes of at least 4 members (excludes halogenated alkanes) is 1. The summed E-state index contributed by atoms with van der Waals surface area (Å²) in [7, 11) is 1.62. The van der Waals surface area contributed by atoms with Crippen molar-refractivity contribution in [2.24, 2.45) is 0 Å². The Morgan fingerprint density at radius 3 is 2.66 bits per heavy atom. The first-order valence-corrected chi connectivity index (χ1v) is 10.7. The molecule has 0 radical (unpaired) electrons. The highest BCUT2D eigenvalue weighted by atomic mass is 35.5. The number of carbonyl (C=O) groups excluding carboxylic acids is 1. The largest absolute Gasteiger partial charge is 0.496 e. The highest BCUT2D eigenvalue weighted by Crippen LogP contribution is 2.33. The molecule has 0 saturated heterocycles. The maximum atomic E-state index is 12.1. The third kappa shape index (κ3) is 5.31. The third-order valence-electron chi connectivity index (χ3n) is 4.25. The molecule has 1 heterocycles. The summed E-state index contributed by atoms with van der Waals surface area (Å²) in [6, 6.07) is 15.1. The zero-order valence-corrected chi connectivity index (χ0v) is 18.0. The van der Waals surface area contributed by atoms with Gasteiger partial charge in [0.2, 0.25) is 5.91 Å². The SMILES string of the molecule is CCCCNC(=O)CSc1nnc(-c2ccccc2OC)n1-c1ccc(Cl)cc1. The molecule has 0 bridgehead atoms. The van der Waals surface area contributed by atoms with Gasteiger partial charge in [0.1, 0.15) is 5.75 Å². The van der Waals surface area contributed by atoms with Gasteiger partial charge in [-0.3, -0.25) is 9.36 Å². The Kier molecular flexibility index (Phi) is 7.55. The van der Waals surface area contributed by atoms with Gasteiger partial charge in [-0.1, -0.05) is 48.8 Å². The molecular weight excluding hydrogens is 408 g/mol. The van der Waals surface area contributed by atoms with Crippen LogP contribution in [0.1, 0.15) is 19.8 Å². The van der Waals surface area contributed by atoms with Crippen molar-refractivity contribution in [3.05, 3.63) is 53.6 Å². The standard InChI is InChI=1S/C21H23ClN4O2S/c1-3-4-13-23-19(27)14-29-21-25-24-20(17-7-5-6-8-18(17)28-2)26(21)16-11-9-15(22)10-12-16/h5-12H,3-4,13-14H2,1-2H3,(H,23,27). The molecule has 1 N–H and O–H groups in total. The molecule has 1 aromatic heterocycles. The van der Waals surface area contributed by atoms with Gasteiger partial charge in [0.25, 0.3) is 0 Å². The van der Waals surface area contributed by atoms with Crippen molar-refractivity contribution in [1.82, 2.24) is 20.1 Å². The van der Waals surface area contributed by atoms with Gasteiger partial charge in [0.15, 0.2) is 11.0 Å². The second-order valence-electron chi connectivity index (χ2n) is 6.31. The quantitative estimate of drug-likeness (QED) is 0.396. The fourth-order valence-electron chi connectivity index (χ4n) is 2.78. The minimum absolute atomic E-state index is 0.0204. The zero-order valence-electron chi connectivity index (χ0n) is 16.4. The van der Waals surface area contributed by atoms with E-state index in [2.05, 4.69) is 22.4 Å². The van der Waals surface area contributed by atoms with E-state index in [1.165, 1.54) is 11.8 Å². The van der Waals surface area contributed by atoms with E-state index < -0.39 is 0 Å². The summed E-state index contributed by atoms with van der Waals surface area (Å²) in [5.41, 5.74) is 1.67. The van der Waals surface area contributed by atoms with Crippen LogP contribution >= 0.6 is 23.4 Å². The number of benzene rings is 2. The minimum atomic E-state index is -0.0204. The summed E-state index contributed by atoms with van der Waals surface area (Å²) >= 11 is 7.41. The fourth-order valence-corrected chi connectivity index (χ4v) is 3.68. The van der Waals surface area contributed by atoms with Crippen molar-refractivity contribution in [1.29, 1.82) is 0 Å². The average molecular weight is 431 g/mol. The molecular formula is C21H23ClN4O2S. The van der Waals surface area contributed by atoms with E-state index in [4.69, 9.17) is 16.3 Å². The number of amides is 1. The number of halogens is 1. The molecule has 152 valence electrons. The lowest BCUT2D eigenvalue weighted by Gasteiger charge is -2.12. The Labute approximate surface area is 179 Å². The lowest BCUT2D eigenvalue weighted by molar-refractivity contribution is -0.118. The number of ether oxygens (including phenoxy) is 1. The maximum absolute atomic E-state index is 12.1. The first-order chi connectivity index (χ1) is 14.1. The van der Waals surface area contributed by atoms with Gasteiger partial charge in [-0.05, 0) is 42.8 Å². The Morgan fingerprint density at radius 1 is 1.17 bits per heavy atom. The molecule has 6 nitrogen and oxygen atoms in total. The molecule has 3 rings (SSSR count). The van der Waals surface area contributed by atoms with E-state index in [0.717, 1.165) is 24.1 Å². The monoisotopic (exact) mass is 430 g/mol. The Hall–Kier alpha value is -2.51. The van der Waals surface area contributed by atoms with Crippen molar-refractivity contribution < 1.29 is 9.53 Å². The predicted molar refractivity (Wildman–Crippen MR) is 117 cm³/mol. The molecule has 3 aromatic rings. The topological polar surface area (TPSA) is 69.0 Å². The molecule has 1 amide bonds. The Bertz CT molecular complexity index is 960. The van der Waals surface area contributed by atoms with E-state index in [-0.39, 0.29) is 11.7 Å². The zero-order chi connectivity index (χ0) is 20.6. The van der Waals surface area contributed by atoms with Crippen molar-refractivity contribution in [2.75, 3.05) is 19.4 Å². The van der Waals surface area contributed by atoms with E-state index in [1.54, 1.807) is 7.11 Å². The second-order valence-corrected chi connectivity index (χ2v) is 7.69. The fraction of sp³-hybridized carbons (Fsp3) is 0.286. The number of aromatic nitrogens is 3. The Morgan fingerprint density at radius 2 is 1.93 bits per heavy atom. The summed E-state index contributed by atoms with van der Waals surface area (Å²) in [6.07, 6.45) is 2.01. The molecule has 2 aromatic carbocycles. The van der Waals surface area contributed by atoms with Crippen LogP contribution in [0.4, 0.5) is 0 Å². The first kappa shape index (κ1) is 21.2. The van der Waals surface area contributed by atoms with Crippen LogP contribution in [0.15, 0.2) is 53.7 Å². The Balaban J connectivity index is 1.94. The lowest BCUT2D eigenvalue weighted by Crippen LogP contribution is -2.26. The van der Waals surface area contributed by atoms with Gasteiger partial charge in [-0.2, -0.15) is 0 Å². The van der Waals surface area contributed by atoms with Crippen molar-refractivity contribution in [3.63, 3.8) is 0 Å². The number of methoxy groups -OCH3 is 1. The molecule has 0 aliphatic carbocycles. The molecule has 8 heteroatoms. The van der Waals surface area contributed by atoms with Crippen molar-refractivity contribution >= 4 is 29.3 Å². The first-order valence-electron chi connectivity index (χ1n) is 9.38. The van der Waals surface area contributed by atoms with Crippen molar-refractivity contribution in [2.45, 2.75) is 24.9 Å². The summed E-state index contributed by atoms with van der Waals surface area (Å²) in [5.74, 6) is 1.58. The summed E-state index contributed by atoms with van der Waals surface area (Å²) in [6.45, 7) is 2.78. The molecule has 0 atom stereocenters. The van der Waals surface area contributed by atoms with Crippen LogP contribution in [0.2, 0.25) is 5.02 Å². The van der Waals surface area contributed by atoms with Gasteiger partial charge in [-0.15, -0.1) is 10.2 Å². The highest BCUT2D eigenvalue weighted by molar-refractivity contribution is 7.99. The van der Waals surface area contributed by atoms with Gasteiger partial charge < -0.3 is 10.1 Å². The van der Waals surface area contributed by atoms with Gasteiger partial charge in [-0.25, -0.2) is 0 Å². The number of nitrogens with zero attached hydrogens (tertiary/aromatic N) is 3. The smallest absolute Gasteiger partial charge is 0.230 e. The van der Waals surface area contributed by atoms with Gasteiger partial charge >= 0.3 is 0 Å². The van der Waals surface area contributed by atoms with Crippen LogP contribution in [-0.2, 0) is 4.79 Å². The van der Waals surface area contributed by atoms with E-state index >= 15 is 0 Å². The molecule has 0 unspecified atom stereocenters. The number of para-hydroxylation sites is 1. The highest BCUT2D eigenvalue weighted by Gasteiger charge is 2.19. The normalized spacial score (nSPS) is 10.7. The maximum Gasteiger partial charge on any atom is 0.230 e. The van der Waals surface area contributed by atoms with E-state index in [1.807, 2.05) is 53.1 Å². The summed E-state index contributed by atoms with van der Waals surface area (Å²) in [5, 5.41) is 12.9. The lowest BCUT2D eigenvalue weighted by atomic mass is 10.2. The van der Waals surface area contributed by atoms with Crippen LogP contribution < -0.4 is 10.1 Å². The van der Waals surface area contributed by atoms with E-state index in [0.29, 0.717) is 28.3 Å². The molecule has 0 fully saturated rings. The molecule has 0 aliphatic heterocycles. The number of thioether (sulfide) groups is 1. The number of hydrogen-bond donors (Lipinski definition) is 1. The van der Waals surface area contributed by atoms with E-state index in [9.17, 15) is 4.79 Å². The number of rotatable bonds is 9. The van der Waals surface area contributed by atoms with Crippen LogP contribution in [0.25, 0.3) is 17.1 Å². The van der Waals surface area contributed by atoms with Gasteiger partial charge in [0.05, 0.1) is 18.4 Å². The number of hydrogen-bond acceptors (Lipinski definition) is 5. The third-order valence-corrected chi connectivity index (χ3v) is 5.43. The number of nitrogens with one attached hydrogen (secondary N) is 1. The summed E-state index contributed by atoms with van der Waals surface area (Å²) in [4.78, 5) is 12.1. The number of carbonyl (C=O) groups is 1. The van der Waals surface area contributed by atoms with Crippen LogP contribution in [0.3, 0.4) is 0 Å². The minimum Gasteiger partial charge on any atom is -0.496 e. The summed E-state index contributed by atoms with van der Waals surface area (Å²) < 4.78 is 7.41. The molecule has 0 saturated carbocycles. The van der Waals surface area contributed by atoms with Crippen molar-refractivity contribution in [3.8, 4) is 22.8 Å². The molecule has 0 aliphatic rings. The average Bonchev–Trinajstić information content (AvgIpc) is 3.16. The predicted octanol–water partition coefficient (Wildman–Crippen LogP) is 4.60. The van der Waals surface area contributed by atoms with Crippen LogP contribution in [0.5, 0.6) is 5.75 Å². The molecule has 0 spiro atoms.